The Bertz CT molecular complexity index is 1510. The summed E-state index contributed by atoms with van der Waals surface area (Å²) < 4.78 is 10.3. The number of nitrogens with zero attached hydrogens (tertiary/aromatic N) is 1. The molecule has 218 valence electrons. The Labute approximate surface area is 254 Å². The summed E-state index contributed by atoms with van der Waals surface area (Å²) in [6.07, 6.45) is 5.45. The molecule has 1 fully saturated rings. The van der Waals surface area contributed by atoms with Crippen LogP contribution < -0.4 is 14.8 Å². The summed E-state index contributed by atoms with van der Waals surface area (Å²) in [4.78, 5) is 28.4. The lowest BCUT2D eigenvalue weighted by Crippen LogP contribution is -2.27. The van der Waals surface area contributed by atoms with Crippen molar-refractivity contribution in [3.63, 3.8) is 0 Å². The standard InChI is InChI=1S/C18H17NO5.C15H17NS2/c1-23-15-9-7-12(11-16(15)24-2)8-10-17(20)19-14-6-4-3-5-13(14)18(21)22;1-16-8-2-5-12(11-16)15(13-6-3-9-17-13)14-7-4-10-18-14/h3-11H,1-2H3,(H,19,20)(H,21,22);3-4,6-7,9-10H,2,5,8,11H2,1H3/b10-8+;. The van der Waals surface area contributed by atoms with Crippen molar-refractivity contribution in [2.45, 2.75) is 12.8 Å². The van der Waals surface area contributed by atoms with Gasteiger partial charge in [0.15, 0.2) is 11.5 Å². The maximum Gasteiger partial charge on any atom is 0.337 e. The first kappa shape index (κ1) is 30.8. The summed E-state index contributed by atoms with van der Waals surface area (Å²) >= 11 is 3.71. The zero-order valence-electron chi connectivity index (χ0n) is 23.8. The van der Waals surface area contributed by atoms with Crippen LogP contribution in [0.2, 0.25) is 0 Å². The lowest BCUT2D eigenvalue weighted by molar-refractivity contribution is -0.111. The molecular formula is C33H34N2O5S2. The molecule has 5 rings (SSSR count). The van der Waals surface area contributed by atoms with Crippen LogP contribution in [0.3, 0.4) is 0 Å². The van der Waals surface area contributed by atoms with E-state index < -0.39 is 11.9 Å². The van der Waals surface area contributed by atoms with Gasteiger partial charge < -0.3 is 24.8 Å². The normalized spacial score (nSPS) is 13.3. The van der Waals surface area contributed by atoms with Crippen LogP contribution in [0.5, 0.6) is 11.5 Å². The molecule has 0 aliphatic carbocycles. The van der Waals surface area contributed by atoms with Gasteiger partial charge in [-0.15, -0.1) is 22.7 Å². The Hall–Kier alpha value is -4.18. The van der Waals surface area contributed by atoms with Crippen LogP contribution in [0, 0.1) is 0 Å². The van der Waals surface area contributed by atoms with Gasteiger partial charge in [0.2, 0.25) is 5.91 Å². The number of hydrogen-bond donors (Lipinski definition) is 2. The monoisotopic (exact) mass is 602 g/mol. The van der Waals surface area contributed by atoms with Crippen LogP contribution in [0.25, 0.3) is 11.6 Å². The number of methoxy groups -OCH3 is 2. The summed E-state index contributed by atoms with van der Waals surface area (Å²) in [7, 11) is 5.29. The Kier molecular flexibility index (Phi) is 11.1. The van der Waals surface area contributed by atoms with Gasteiger partial charge in [-0.25, -0.2) is 4.79 Å². The summed E-state index contributed by atoms with van der Waals surface area (Å²) in [6, 6.07) is 20.3. The molecule has 0 unspecified atom stereocenters. The van der Waals surface area contributed by atoms with Crippen LogP contribution in [-0.2, 0) is 4.79 Å². The molecule has 0 atom stereocenters. The van der Waals surface area contributed by atoms with E-state index in [2.05, 4.69) is 52.3 Å². The number of carboxylic acids is 1. The Morgan fingerprint density at radius 2 is 1.62 bits per heavy atom. The molecule has 3 heterocycles. The van der Waals surface area contributed by atoms with E-state index >= 15 is 0 Å². The van der Waals surface area contributed by atoms with Crippen molar-refractivity contribution in [3.05, 3.63) is 110 Å². The molecule has 0 bridgehead atoms. The summed E-state index contributed by atoms with van der Waals surface area (Å²) in [5.74, 6) is -0.390. The predicted molar refractivity (Wildman–Crippen MR) is 172 cm³/mol. The first-order valence-electron chi connectivity index (χ1n) is 13.4. The largest absolute Gasteiger partial charge is 0.493 e. The van der Waals surface area contributed by atoms with Crippen LogP contribution >= 0.6 is 22.7 Å². The van der Waals surface area contributed by atoms with E-state index in [0.717, 1.165) is 12.1 Å². The summed E-state index contributed by atoms with van der Waals surface area (Å²) in [5, 5.41) is 16.0. The third kappa shape index (κ3) is 8.19. The lowest BCUT2D eigenvalue weighted by Gasteiger charge is -2.26. The van der Waals surface area contributed by atoms with E-state index in [0.29, 0.717) is 11.5 Å². The molecule has 1 aliphatic rings. The van der Waals surface area contributed by atoms with Crippen molar-refractivity contribution in [1.82, 2.24) is 4.90 Å². The van der Waals surface area contributed by atoms with Crippen molar-refractivity contribution in [2.24, 2.45) is 0 Å². The molecule has 2 aromatic heterocycles. The molecule has 4 aromatic rings. The maximum absolute atomic E-state index is 12.0. The number of hydrogen-bond acceptors (Lipinski definition) is 7. The topological polar surface area (TPSA) is 88.1 Å². The fourth-order valence-corrected chi connectivity index (χ4v) is 6.37. The predicted octanol–water partition coefficient (Wildman–Crippen LogP) is 7.39. The van der Waals surface area contributed by atoms with Gasteiger partial charge in [0.1, 0.15) is 0 Å². The van der Waals surface area contributed by atoms with Gasteiger partial charge in [0.05, 0.1) is 25.5 Å². The number of nitrogens with one attached hydrogen (secondary N) is 1. The molecular weight excluding hydrogens is 569 g/mol. The second kappa shape index (κ2) is 15.2. The number of benzene rings is 2. The number of aromatic carboxylic acids is 1. The third-order valence-electron chi connectivity index (χ3n) is 6.62. The first-order valence-corrected chi connectivity index (χ1v) is 15.2. The molecule has 0 spiro atoms. The SMILES string of the molecule is CN1CCCC(=C(c2cccs2)c2cccs2)C1.COc1ccc(/C=C/C(=O)Nc2ccccc2C(=O)O)cc1OC. The molecule has 2 aromatic carbocycles. The highest BCUT2D eigenvalue weighted by atomic mass is 32.1. The number of para-hydroxylation sites is 1. The summed E-state index contributed by atoms with van der Waals surface area (Å²) in [5.41, 5.74) is 4.12. The fourth-order valence-electron chi connectivity index (χ4n) is 4.64. The Balaban J connectivity index is 0.000000200. The molecule has 1 aliphatic heterocycles. The van der Waals surface area contributed by atoms with E-state index in [1.807, 2.05) is 22.7 Å². The van der Waals surface area contributed by atoms with Crippen molar-refractivity contribution in [1.29, 1.82) is 0 Å². The Morgan fingerprint density at radius 3 is 2.21 bits per heavy atom. The number of ether oxygens (including phenoxy) is 2. The van der Waals surface area contributed by atoms with E-state index in [1.165, 1.54) is 60.0 Å². The Morgan fingerprint density at radius 1 is 0.929 bits per heavy atom. The minimum Gasteiger partial charge on any atom is -0.493 e. The molecule has 9 heteroatoms. The smallest absolute Gasteiger partial charge is 0.337 e. The number of amides is 1. The number of anilines is 1. The molecule has 1 amide bonds. The van der Waals surface area contributed by atoms with Crippen LogP contribution in [0.15, 0.2) is 89.1 Å². The van der Waals surface area contributed by atoms with Gasteiger partial charge in [-0.2, -0.15) is 0 Å². The maximum atomic E-state index is 12.0. The minimum absolute atomic E-state index is 0.0327. The average molecular weight is 603 g/mol. The molecule has 0 saturated carbocycles. The zero-order chi connectivity index (χ0) is 29.9. The number of carboxylic acid groups (broad SMARTS) is 1. The second-order valence-corrected chi connectivity index (χ2v) is 11.5. The van der Waals surface area contributed by atoms with Gasteiger partial charge in [-0.05, 0) is 90.8 Å². The highest BCUT2D eigenvalue weighted by Gasteiger charge is 2.18. The minimum atomic E-state index is -1.10. The summed E-state index contributed by atoms with van der Waals surface area (Å²) in [6.45, 7) is 2.34. The highest BCUT2D eigenvalue weighted by molar-refractivity contribution is 7.13. The van der Waals surface area contributed by atoms with E-state index in [-0.39, 0.29) is 11.3 Å². The second-order valence-electron chi connectivity index (χ2n) is 9.56. The van der Waals surface area contributed by atoms with Gasteiger partial charge in [0, 0.05) is 27.9 Å². The number of likely N-dealkylation sites (N-methyl/N-ethyl adjacent to an activating group) is 1. The number of carbonyl (C=O) groups is 2. The van der Waals surface area contributed by atoms with Crippen molar-refractivity contribution in [2.75, 3.05) is 39.7 Å². The van der Waals surface area contributed by atoms with Gasteiger partial charge in [-0.1, -0.05) is 30.3 Å². The van der Waals surface area contributed by atoms with Crippen LogP contribution in [0.4, 0.5) is 5.69 Å². The average Bonchev–Trinajstić information content (AvgIpc) is 3.72. The quantitative estimate of drug-likeness (QED) is 0.205. The van der Waals surface area contributed by atoms with Crippen LogP contribution in [-0.4, -0.2) is 56.2 Å². The lowest BCUT2D eigenvalue weighted by atomic mass is 9.97. The number of carbonyl (C=O) groups excluding carboxylic acids is 1. The number of likely N-dealkylation sites (tertiary alicyclic amines) is 1. The number of thiophene rings is 2. The van der Waals surface area contributed by atoms with Crippen LogP contribution in [0.1, 0.15) is 38.5 Å². The zero-order valence-corrected chi connectivity index (χ0v) is 25.5. The van der Waals surface area contributed by atoms with Crippen molar-refractivity contribution >= 4 is 51.9 Å². The number of rotatable bonds is 8. The van der Waals surface area contributed by atoms with Gasteiger partial charge in [0.25, 0.3) is 0 Å². The molecule has 1 saturated heterocycles. The number of piperidine rings is 1. The fraction of sp³-hybridized carbons (Fsp3) is 0.212. The van der Waals surface area contributed by atoms with Crippen molar-refractivity contribution in [3.8, 4) is 11.5 Å². The first-order chi connectivity index (χ1) is 20.4. The van der Waals surface area contributed by atoms with Crippen molar-refractivity contribution < 1.29 is 24.2 Å². The van der Waals surface area contributed by atoms with Gasteiger partial charge in [-0.3, -0.25) is 4.79 Å². The third-order valence-corrected chi connectivity index (χ3v) is 8.39. The van der Waals surface area contributed by atoms with E-state index in [4.69, 9.17) is 14.6 Å². The molecule has 0 radical (unpaired) electrons. The highest BCUT2D eigenvalue weighted by Crippen LogP contribution is 2.36. The molecule has 2 N–H and O–H groups in total. The van der Waals surface area contributed by atoms with Gasteiger partial charge >= 0.3 is 5.97 Å². The molecule has 42 heavy (non-hydrogen) atoms. The van der Waals surface area contributed by atoms with E-state index in [1.54, 1.807) is 49.1 Å². The molecule has 7 nitrogen and oxygen atoms in total. The van der Waals surface area contributed by atoms with E-state index in [9.17, 15) is 9.59 Å².